The molecule has 0 saturated heterocycles. The van der Waals surface area contributed by atoms with Crippen molar-refractivity contribution in [1.29, 1.82) is 0 Å². The maximum absolute atomic E-state index is 12.4. The Morgan fingerprint density at radius 3 is 2.65 bits per heavy atom. The molecule has 23 heavy (non-hydrogen) atoms. The molecule has 0 heterocycles. The van der Waals surface area contributed by atoms with Crippen LogP contribution >= 0.6 is 0 Å². The van der Waals surface area contributed by atoms with Crippen LogP contribution in [0.1, 0.15) is 49.4 Å². The molecule has 1 saturated carbocycles. The Labute approximate surface area is 138 Å². The summed E-state index contributed by atoms with van der Waals surface area (Å²) >= 11 is 0. The van der Waals surface area contributed by atoms with E-state index in [0.29, 0.717) is 23.7 Å². The predicted octanol–water partition coefficient (Wildman–Crippen LogP) is 3.96. The van der Waals surface area contributed by atoms with Gasteiger partial charge in [0.2, 0.25) is 0 Å². The van der Waals surface area contributed by atoms with Crippen molar-refractivity contribution in [2.75, 3.05) is 13.7 Å². The van der Waals surface area contributed by atoms with Crippen LogP contribution in [0.4, 0.5) is 0 Å². The number of nitrogens with one attached hydrogen (secondary N) is 1. The quantitative estimate of drug-likeness (QED) is 0.774. The van der Waals surface area contributed by atoms with Crippen LogP contribution in [0, 0.1) is 5.92 Å². The van der Waals surface area contributed by atoms with Crippen LogP contribution in [0.25, 0.3) is 0 Å². The lowest BCUT2D eigenvalue weighted by Crippen LogP contribution is -2.37. The van der Waals surface area contributed by atoms with E-state index in [4.69, 9.17) is 9.47 Å². The first-order chi connectivity index (χ1) is 11.2. The molecule has 0 spiro atoms. The zero-order chi connectivity index (χ0) is 16.7. The summed E-state index contributed by atoms with van der Waals surface area (Å²) in [6.45, 7) is 6.27. The van der Waals surface area contributed by atoms with Crippen LogP contribution in [-0.2, 0) is 0 Å². The summed E-state index contributed by atoms with van der Waals surface area (Å²) in [5.74, 6) is 1.96. The van der Waals surface area contributed by atoms with Crippen molar-refractivity contribution < 1.29 is 14.3 Å². The molecule has 0 atom stereocenters. The molecule has 1 aromatic rings. The Hall–Kier alpha value is -1.97. The van der Waals surface area contributed by atoms with Crippen molar-refractivity contribution in [3.05, 3.63) is 36.4 Å². The average molecular weight is 317 g/mol. The van der Waals surface area contributed by atoms with Crippen LogP contribution in [0.5, 0.6) is 11.5 Å². The van der Waals surface area contributed by atoms with Gasteiger partial charge in [-0.3, -0.25) is 4.79 Å². The van der Waals surface area contributed by atoms with Gasteiger partial charge in [-0.2, -0.15) is 0 Å². The van der Waals surface area contributed by atoms with Gasteiger partial charge >= 0.3 is 0 Å². The van der Waals surface area contributed by atoms with E-state index in [2.05, 4.69) is 18.8 Å². The number of hydrogen-bond acceptors (Lipinski definition) is 3. The highest BCUT2D eigenvalue weighted by atomic mass is 16.5. The first-order valence-corrected chi connectivity index (χ1v) is 8.40. The molecule has 4 heteroatoms. The maximum atomic E-state index is 12.4. The summed E-state index contributed by atoms with van der Waals surface area (Å²) in [7, 11) is 1.57. The van der Waals surface area contributed by atoms with Crippen LogP contribution in [-0.4, -0.2) is 25.7 Å². The minimum Gasteiger partial charge on any atom is -0.493 e. The normalized spacial score (nSPS) is 20.6. The van der Waals surface area contributed by atoms with Crippen molar-refractivity contribution in [1.82, 2.24) is 5.32 Å². The fourth-order valence-electron chi connectivity index (χ4n) is 3.06. The second kappa shape index (κ2) is 8.61. The van der Waals surface area contributed by atoms with Gasteiger partial charge < -0.3 is 14.8 Å². The molecule has 0 radical (unpaired) electrons. The SMILES string of the molecule is C=CCOc1ccc(C(=O)NC2CCC(CC)CC2)cc1OC. The van der Waals surface area contributed by atoms with Gasteiger partial charge in [-0.25, -0.2) is 0 Å². The minimum absolute atomic E-state index is 0.0430. The molecule has 0 bridgehead atoms. The van der Waals surface area contributed by atoms with Crippen LogP contribution in [0.2, 0.25) is 0 Å². The van der Waals surface area contributed by atoms with Gasteiger partial charge in [-0.15, -0.1) is 0 Å². The van der Waals surface area contributed by atoms with Gasteiger partial charge in [0.05, 0.1) is 7.11 Å². The second-order valence-electron chi connectivity index (χ2n) is 6.06. The average Bonchev–Trinajstić information content (AvgIpc) is 2.60. The van der Waals surface area contributed by atoms with E-state index in [9.17, 15) is 4.79 Å². The van der Waals surface area contributed by atoms with Crippen molar-refractivity contribution in [2.24, 2.45) is 5.92 Å². The first-order valence-electron chi connectivity index (χ1n) is 8.40. The van der Waals surface area contributed by atoms with Crippen molar-refractivity contribution in [3.8, 4) is 11.5 Å². The summed E-state index contributed by atoms with van der Waals surface area (Å²) in [4.78, 5) is 12.4. The standard InChI is InChI=1S/C19H27NO3/c1-4-12-23-17-11-8-15(13-18(17)22-3)19(21)20-16-9-6-14(5-2)7-10-16/h4,8,11,13-14,16H,1,5-7,9-10,12H2,2-3H3,(H,20,21). The van der Waals surface area contributed by atoms with Crippen molar-refractivity contribution in [3.63, 3.8) is 0 Å². The Morgan fingerprint density at radius 1 is 1.30 bits per heavy atom. The Balaban J connectivity index is 1.98. The highest BCUT2D eigenvalue weighted by molar-refractivity contribution is 5.95. The highest BCUT2D eigenvalue weighted by Gasteiger charge is 2.22. The smallest absolute Gasteiger partial charge is 0.251 e. The number of amides is 1. The molecule has 1 N–H and O–H groups in total. The minimum atomic E-state index is -0.0430. The lowest BCUT2D eigenvalue weighted by molar-refractivity contribution is 0.0921. The van der Waals surface area contributed by atoms with Gasteiger partial charge in [0, 0.05) is 11.6 Å². The number of carbonyl (C=O) groups excluding carboxylic acids is 1. The fraction of sp³-hybridized carbons (Fsp3) is 0.526. The first kappa shape index (κ1) is 17.4. The van der Waals surface area contributed by atoms with E-state index in [0.717, 1.165) is 18.8 Å². The number of ether oxygens (including phenoxy) is 2. The maximum Gasteiger partial charge on any atom is 0.251 e. The van der Waals surface area contributed by atoms with E-state index in [1.54, 1.807) is 31.4 Å². The van der Waals surface area contributed by atoms with E-state index in [1.807, 2.05) is 0 Å². The second-order valence-corrected chi connectivity index (χ2v) is 6.06. The topological polar surface area (TPSA) is 47.6 Å². The molecule has 0 unspecified atom stereocenters. The van der Waals surface area contributed by atoms with Crippen LogP contribution < -0.4 is 14.8 Å². The van der Waals surface area contributed by atoms with Gasteiger partial charge in [-0.05, 0) is 49.8 Å². The van der Waals surface area contributed by atoms with Gasteiger partial charge in [0.25, 0.3) is 5.91 Å². The zero-order valence-corrected chi connectivity index (χ0v) is 14.1. The number of carbonyl (C=O) groups is 1. The molecule has 4 nitrogen and oxygen atoms in total. The number of hydrogen-bond donors (Lipinski definition) is 1. The Morgan fingerprint density at radius 2 is 2.04 bits per heavy atom. The molecular weight excluding hydrogens is 290 g/mol. The van der Waals surface area contributed by atoms with Gasteiger partial charge in [0.1, 0.15) is 6.61 Å². The van der Waals surface area contributed by atoms with Crippen molar-refractivity contribution >= 4 is 5.91 Å². The molecule has 1 amide bonds. The summed E-state index contributed by atoms with van der Waals surface area (Å²) < 4.78 is 10.8. The molecule has 1 fully saturated rings. The molecule has 126 valence electrons. The van der Waals surface area contributed by atoms with E-state index >= 15 is 0 Å². The van der Waals surface area contributed by atoms with E-state index in [1.165, 1.54) is 19.3 Å². The Kier molecular flexibility index (Phi) is 6.51. The largest absolute Gasteiger partial charge is 0.493 e. The predicted molar refractivity (Wildman–Crippen MR) is 92.2 cm³/mol. The number of rotatable bonds is 7. The van der Waals surface area contributed by atoms with Gasteiger partial charge in [0.15, 0.2) is 11.5 Å². The molecule has 1 aliphatic carbocycles. The number of methoxy groups -OCH3 is 1. The summed E-state index contributed by atoms with van der Waals surface area (Å²) in [6, 6.07) is 5.55. The molecular formula is C19H27NO3. The van der Waals surface area contributed by atoms with E-state index in [-0.39, 0.29) is 11.9 Å². The Bertz CT molecular complexity index is 533. The fourth-order valence-corrected chi connectivity index (χ4v) is 3.06. The monoisotopic (exact) mass is 317 g/mol. The number of benzene rings is 1. The third-order valence-electron chi connectivity index (χ3n) is 4.54. The zero-order valence-electron chi connectivity index (χ0n) is 14.1. The van der Waals surface area contributed by atoms with Crippen LogP contribution in [0.15, 0.2) is 30.9 Å². The highest BCUT2D eigenvalue weighted by Crippen LogP contribution is 2.29. The lowest BCUT2D eigenvalue weighted by Gasteiger charge is -2.28. The summed E-state index contributed by atoms with van der Waals surface area (Å²) in [5, 5.41) is 3.14. The molecule has 1 aromatic carbocycles. The summed E-state index contributed by atoms with van der Waals surface area (Å²) in [6.07, 6.45) is 7.47. The third kappa shape index (κ3) is 4.75. The third-order valence-corrected chi connectivity index (χ3v) is 4.54. The lowest BCUT2D eigenvalue weighted by atomic mass is 9.84. The molecule has 0 aliphatic heterocycles. The van der Waals surface area contributed by atoms with Crippen molar-refractivity contribution in [2.45, 2.75) is 45.1 Å². The molecule has 2 rings (SSSR count). The van der Waals surface area contributed by atoms with Crippen LogP contribution in [0.3, 0.4) is 0 Å². The van der Waals surface area contributed by atoms with E-state index < -0.39 is 0 Å². The summed E-state index contributed by atoms with van der Waals surface area (Å²) in [5.41, 5.74) is 0.602. The van der Waals surface area contributed by atoms with Gasteiger partial charge in [-0.1, -0.05) is 26.0 Å². The molecule has 1 aliphatic rings. The molecule has 0 aromatic heterocycles.